The zero-order valence-electron chi connectivity index (χ0n) is 10.5. The fourth-order valence-electron chi connectivity index (χ4n) is 2.11. The quantitative estimate of drug-likeness (QED) is 0.617. The minimum Gasteiger partial charge on any atom is -0.456 e. The van der Waals surface area contributed by atoms with Gasteiger partial charge in [0.2, 0.25) is 0 Å². The second-order valence-corrected chi connectivity index (χ2v) is 4.60. The molecule has 2 aromatic carbocycles. The largest absolute Gasteiger partial charge is 0.456 e. The molecule has 1 aromatic heterocycles. The van der Waals surface area contributed by atoms with Crippen molar-refractivity contribution in [3.63, 3.8) is 0 Å². The molecule has 3 aromatic rings. The van der Waals surface area contributed by atoms with Crippen LogP contribution in [0.15, 0.2) is 57.7 Å². The highest BCUT2D eigenvalue weighted by atomic mass is 16.3. The van der Waals surface area contributed by atoms with Crippen molar-refractivity contribution in [2.24, 2.45) is 0 Å². The van der Waals surface area contributed by atoms with E-state index < -0.39 is 0 Å². The molecule has 19 heavy (non-hydrogen) atoms. The SMILES string of the molecule is [B]c1ccc2oc(-c3cccc(C)c3)cc(=O)c2c1. The van der Waals surface area contributed by atoms with Crippen LogP contribution in [-0.2, 0) is 0 Å². The zero-order chi connectivity index (χ0) is 13.4. The smallest absolute Gasteiger partial charge is 0.193 e. The van der Waals surface area contributed by atoms with Crippen molar-refractivity contribution in [3.8, 4) is 11.3 Å². The molecule has 1 heterocycles. The molecule has 0 aliphatic rings. The highest BCUT2D eigenvalue weighted by Crippen LogP contribution is 2.22. The number of hydrogen-bond acceptors (Lipinski definition) is 2. The standard InChI is InChI=1S/C16H11BO2/c1-10-3-2-4-11(7-10)16-9-14(18)13-8-12(17)5-6-15(13)19-16/h2-9H,1H3. The lowest BCUT2D eigenvalue weighted by Crippen LogP contribution is -2.07. The van der Waals surface area contributed by atoms with Crippen molar-refractivity contribution in [2.75, 3.05) is 0 Å². The summed E-state index contributed by atoms with van der Waals surface area (Å²) in [6.45, 7) is 2.00. The summed E-state index contributed by atoms with van der Waals surface area (Å²) < 4.78 is 5.78. The number of benzene rings is 2. The summed E-state index contributed by atoms with van der Waals surface area (Å²) in [6, 6.07) is 14.5. The van der Waals surface area contributed by atoms with Crippen LogP contribution in [0.25, 0.3) is 22.3 Å². The Bertz CT molecular complexity index is 818. The van der Waals surface area contributed by atoms with Crippen LogP contribution in [0.5, 0.6) is 0 Å². The average Bonchev–Trinajstić information content (AvgIpc) is 2.39. The molecule has 0 atom stereocenters. The number of aryl methyl sites for hydroxylation is 1. The van der Waals surface area contributed by atoms with Crippen molar-refractivity contribution >= 4 is 24.3 Å². The highest BCUT2D eigenvalue weighted by Gasteiger charge is 2.06. The van der Waals surface area contributed by atoms with Gasteiger partial charge < -0.3 is 4.42 Å². The molecule has 0 saturated carbocycles. The molecule has 90 valence electrons. The summed E-state index contributed by atoms with van der Waals surface area (Å²) in [5.74, 6) is 0.575. The number of rotatable bonds is 1. The van der Waals surface area contributed by atoms with Gasteiger partial charge in [-0.25, -0.2) is 0 Å². The maximum atomic E-state index is 12.1. The summed E-state index contributed by atoms with van der Waals surface area (Å²) in [4.78, 5) is 12.1. The summed E-state index contributed by atoms with van der Waals surface area (Å²) in [6.07, 6.45) is 0. The molecular weight excluding hydrogens is 235 g/mol. The lowest BCUT2D eigenvalue weighted by atomic mass is 9.95. The van der Waals surface area contributed by atoms with Gasteiger partial charge >= 0.3 is 0 Å². The van der Waals surface area contributed by atoms with Gasteiger partial charge in [-0.05, 0) is 19.1 Å². The molecule has 2 nitrogen and oxygen atoms in total. The van der Waals surface area contributed by atoms with E-state index >= 15 is 0 Å². The minimum atomic E-state index is -0.0787. The predicted octanol–water partition coefficient (Wildman–Crippen LogP) is 2.56. The molecule has 2 radical (unpaired) electrons. The third kappa shape index (κ3) is 2.19. The van der Waals surface area contributed by atoms with Gasteiger partial charge in [-0.15, -0.1) is 0 Å². The molecule has 0 unspecified atom stereocenters. The van der Waals surface area contributed by atoms with Crippen molar-refractivity contribution in [2.45, 2.75) is 6.92 Å². The Morgan fingerprint density at radius 2 is 1.89 bits per heavy atom. The van der Waals surface area contributed by atoms with Crippen molar-refractivity contribution in [1.82, 2.24) is 0 Å². The van der Waals surface area contributed by atoms with E-state index in [0.717, 1.165) is 11.1 Å². The number of hydrogen-bond donors (Lipinski definition) is 0. The van der Waals surface area contributed by atoms with E-state index in [1.807, 2.05) is 31.2 Å². The van der Waals surface area contributed by atoms with Gasteiger partial charge in [0.1, 0.15) is 19.2 Å². The Hall–Kier alpha value is -2.29. The van der Waals surface area contributed by atoms with Crippen molar-refractivity contribution in [3.05, 3.63) is 64.3 Å². The zero-order valence-corrected chi connectivity index (χ0v) is 10.5. The Kier molecular flexibility index (Phi) is 2.75. The first-order chi connectivity index (χ1) is 9.13. The monoisotopic (exact) mass is 246 g/mol. The molecule has 3 heteroatoms. The van der Waals surface area contributed by atoms with Crippen LogP contribution in [0, 0.1) is 6.92 Å². The second kappa shape index (κ2) is 4.43. The molecule has 0 amide bonds. The molecule has 0 fully saturated rings. The lowest BCUT2D eigenvalue weighted by molar-refractivity contribution is 0.619. The topological polar surface area (TPSA) is 30.2 Å². The normalized spacial score (nSPS) is 10.8. The highest BCUT2D eigenvalue weighted by molar-refractivity contribution is 6.33. The molecule has 0 spiro atoms. The van der Waals surface area contributed by atoms with Crippen LogP contribution < -0.4 is 10.9 Å². The fraction of sp³-hybridized carbons (Fsp3) is 0.0625. The Morgan fingerprint density at radius 1 is 1.05 bits per heavy atom. The van der Waals surface area contributed by atoms with Gasteiger partial charge in [0.15, 0.2) is 5.43 Å². The second-order valence-electron chi connectivity index (χ2n) is 4.60. The summed E-state index contributed by atoms with van der Waals surface area (Å²) in [7, 11) is 5.68. The van der Waals surface area contributed by atoms with Crippen molar-refractivity contribution in [1.29, 1.82) is 0 Å². The third-order valence-electron chi connectivity index (χ3n) is 3.05. The van der Waals surface area contributed by atoms with Gasteiger partial charge in [0.05, 0.1) is 5.39 Å². The van der Waals surface area contributed by atoms with Gasteiger partial charge in [-0.1, -0.05) is 41.4 Å². The third-order valence-corrected chi connectivity index (χ3v) is 3.05. The van der Waals surface area contributed by atoms with E-state index in [2.05, 4.69) is 0 Å². The molecule has 3 rings (SSSR count). The average molecular weight is 246 g/mol. The fourth-order valence-corrected chi connectivity index (χ4v) is 2.11. The van der Waals surface area contributed by atoms with E-state index in [1.54, 1.807) is 18.2 Å². The summed E-state index contributed by atoms with van der Waals surface area (Å²) in [5, 5.41) is 0.511. The van der Waals surface area contributed by atoms with Crippen LogP contribution in [0.4, 0.5) is 0 Å². The maximum absolute atomic E-state index is 12.1. The van der Waals surface area contributed by atoms with Crippen molar-refractivity contribution < 1.29 is 4.42 Å². The van der Waals surface area contributed by atoms with Crippen LogP contribution in [0.1, 0.15) is 5.56 Å². The molecule has 0 aliphatic carbocycles. The molecule has 0 aliphatic heterocycles. The van der Waals surface area contributed by atoms with Gasteiger partial charge in [-0.3, -0.25) is 4.79 Å². The maximum Gasteiger partial charge on any atom is 0.193 e. The number of fused-ring (bicyclic) bond motifs is 1. The Balaban J connectivity index is 2.27. The van der Waals surface area contributed by atoms with E-state index in [0.29, 0.717) is 22.2 Å². The van der Waals surface area contributed by atoms with E-state index in [9.17, 15) is 4.79 Å². The van der Waals surface area contributed by atoms with E-state index in [1.165, 1.54) is 6.07 Å². The Labute approximate surface area is 112 Å². The van der Waals surface area contributed by atoms with Crippen LogP contribution in [0.2, 0.25) is 0 Å². The minimum absolute atomic E-state index is 0.0787. The predicted molar refractivity (Wildman–Crippen MR) is 78.0 cm³/mol. The first kappa shape index (κ1) is 11.8. The molecule has 0 N–H and O–H groups in total. The Morgan fingerprint density at radius 3 is 2.68 bits per heavy atom. The molecular formula is C16H11BO2. The summed E-state index contributed by atoms with van der Waals surface area (Å²) in [5.41, 5.74) is 3.06. The first-order valence-electron chi connectivity index (χ1n) is 6.04. The lowest BCUT2D eigenvalue weighted by Gasteiger charge is -2.04. The van der Waals surface area contributed by atoms with Gasteiger partial charge in [-0.2, -0.15) is 0 Å². The molecule has 0 saturated heterocycles. The van der Waals surface area contributed by atoms with Gasteiger partial charge in [0.25, 0.3) is 0 Å². The molecule has 0 bridgehead atoms. The summed E-state index contributed by atoms with van der Waals surface area (Å²) >= 11 is 0. The van der Waals surface area contributed by atoms with E-state index in [-0.39, 0.29) is 5.43 Å². The van der Waals surface area contributed by atoms with Crippen LogP contribution in [0.3, 0.4) is 0 Å². The van der Waals surface area contributed by atoms with Crippen LogP contribution >= 0.6 is 0 Å². The van der Waals surface area contributed by atoms with Gasteiger partial charge in [0, 0.05) is 11.6 Å². The van der Waals surface area contributed by atoms with Crippen LogP contribution in [-0.4, -0.2) is 7.85 Å². The van der Waals surface area contributed by atoms with E-state index in [4.69, 9.17) is 12.3 Å². The first-order valence-corrected chi connectivity index (χ1v) is 6.04.